The Morgan fingerprint density at radius 3 is 2.58 bits per heavy atom. The van der Waals surface area contributed by atoms with Crippen LogP contribution in [-0.2, 0) is 9.53 Å². The van der Waals surface area contributed by atoms with Gasteiger partial charge in [-0.2, -0.15) is 0 Å². The number of amides is 2. The van der Waals surface area contributed by atoms with Gasteiger partial charge in [-0.05, 0) is 6.92 Å². The van der Waals surface area contributed by atoms with Gasteiger partial charge in [0.1, 0.15) is 6.61 Å². The fourth-order valence-corrected chi connectivity index (χ4v) is 1.10. The molecule has 12 heavy (non-hydrogen) atoms. The molecule has 1 saturated heterocycles. The third-order valence-electron chi connectivity index (χ3n) is 1.82. The molecule has 0 aromatic heterocycles. The van der Waals surface area contributed by atoms with Crippen LogP contribution in [0.1, 0.15) is 20.8 Å². The highest BCUT2D eigenvalue weighted by molar-refractivity contribution is 5.94. The number of carbonyl (C=O) groups is 2. The van der Waals surface area contributed by atoms with Gasteiger partial charge >= 0.3 is 6.09 Å². The SMILES string of the molecule is CC(C)C(=O)N1C(=O)OC[C@H]1C. The minimum atomic E-state index is -0.513. The fourth-order valence-electron chi connectivity index (χ4n) is 1.10. The molecule has 4 heteroatoms. The molecule has 1 heterocycles. The maximum atomic E-state index is 11.4. The summed E-state index contributed by atoms with van der Waals surface area (Å²) in [5, 5.41) is 0. The Hall–Kier alpha value is -1.06. The average molecular weight is 171 g/mol. The second-order valence-electron chi connectivity index (χ2n) is 3.29. The minimum absolute atomic E-state index is 0.118. The number of ether oxygens (including phenoxy) is 1. The van der Waals surface area contributed by atoms with E-state index in [1.807, 2.05) is 0 Å². The maximum Gasteiger partial charge on any atom is 0.416 e. The van der Waals surface area contributed by atoms with E-state index in [1.54, 1.807) is 20.8 Å². The summed E-state index contributed by atoms with van der Waals surface area (Å²) in [5.74, 6) is -0.317. The van der Waals surface area contributed by atoms with Crippen molar-refractivity contribution in [1.82, 2.24) is 4.90 Å². The molecule has 1 aliphatic heterocycles. The van der Waals surface area contributed by atoms with E-state index in [0.29, 0.717) is 6.61 Å². The molecule has 68 valence electrons. The largest absolute Gasteiger partial charge is 0.447 e. The van der Waals surface area contributed by atoms with Crippen LogP contribution in [0.15, 0.2) is 0 Å². The molecule has 0 spiro atoms. The molecule has 1 atom stereocenters. The van der Waals surface area contributed by atoms with Gasteiger partial charge in [-0.25, -0.2) is 9.69 Å². The van der Waals surface area contributed by atoms with E-state index < -0.39 is 6.09 Å². The summed E-state index contributed by atoms with van der Waals surface area (Å²) in [6, 6.07) is -0.118. The molecule has 4 nitrogen and oxygen atoms in total. The van der Waals surface area contributed by atoms with Crippen molar-refractivity contribution in [2.45, 2.75) is 26.8 Å². The van der Waals surface area contributed by atoms with Gasteiger partial charge in [0, 0.05) is 5.92 Å². The molecular formula is C8H13NO3. The van der Waals surface area contributed by atoms with Crippen LogP contribution in [0, 0.1) is 5.92 Å². The third-order valence-corrected chi connectivity index (χ3v) is 1.82. The molecule has 0 aromatic carbocycles. The van der Waals surface area contributed by atoms with Crippen molar-refractivity contribution in [1.29, 1.82) is 0 Å². The second kappa shape index (κ2) is 3.13. The van der Waals surface area contributed by atoms with Crippen LogP contribution in [0.3, 0.4) is 0 Å². The zero-order valence-corrected chi connectivity index (χ0v) is 7.53. The van der Waals surface area contributed by atoms with E-state index in [0.717, 1.165) is 0 Å². The van der Waals surface area contributed by atoms with Crippen LogP contribution >= 0.6 is 0 Å². The maximum absolute atomic E-state index is 11.4. The van der Waals surface area contributed by atoms with Gasteiger partial charge in [0.25, 0.3) is 0 Å². The number of cyclic esters (lactones) is 1. The first kappa shape index (κ1) is 9.03. The van der Waals surface area contributed by atoms with Crippen LogP contribution in [0.25, 0.3) is 0 Å². The number of rotatable bonds is 1. The summed E-state index contributed by atoms with van der Waals surface area (Å²) in [6.07, 6.45) is -0.513. The Morgan fingerprint density at radius 1 is 1.67 bits per heavy atom. The first-order chi connectivity index (χ1) is 5.54. The smallest absolute Gasteiger partial charge is 0.416 e. The summed E-state index contributed by atoms with van der Waals surface area (Å²) >= 11 is 0. The molecule has 1 fully saturated rings. The van der Waals surface area contributed by atoms with Crippen molar-refractivity contribution in [2.24, 2.45) is 5.92 Å². The van der Waals surface area contributed by atoms with Gasteiger partial charge in [0.15, 0.2) is 0 Å². The van der Waals surface area contributed by atoms with Crippen LogP contribution in [0.4, 0.5) is 4.79 Å². The van der Waals surface area contributed by atoms with Gasteiger partial charge in [-0.3, -0.25) is 4.79 Å². The summed E-state index contributed by atoms with van der Waals surface area (Å²) < 4.78 is 4.72. The van der Waals surface area contributed by atoms with Crippen molar-refractivity contribution >= 4 is 12.0 Å². The Morgan fingerprint density at radius 2 is 2.25 bits per heavy atom. The molecule has 1 aliphatic rings. The lowest BCUT2D eigenvalue weighted by Gasteiger charge is -2.17. The number of hydrogen-bond donors (Lipinski definition) is 0. The zero-order valence-electron chi connectivity index (χ0n) is 7.53. The Bertz CT molecular complexity index is 212. The summed E-state index contributed by atoms with van der Waals surface area (Å²) in [4.78, 5) is 23.6. The van der Waals surface area contributed by atoms with Crippen LogP contribution in [0.2, 0.25) is 0 Å². The van der Waals surface area contributed by atoms with E-state index >= 15 is 0 Å². The van der Waals surface area contributed by atoms with E-state index in [-0.39, 0.29) is 17.9 Å². The molecular weight excluding hydrogens is 158 g/mol. The van der Waals surface area contributed by atoms with Gasteiger partial charge in [-0.1, -0.05) is 13.8 Å². The number of nitrogens with zero attached hydrogens (tertiary/aromatic N) is 1. The topological polar surface area (TPSA) is 46.6 Å². The van der Waals surface area contributed by atoms with Crippen LogP contribution < -0.4 is 0 Å². The molecule has 1 rings (SSSR count). The molecule has 2 amide bonds. The molecule has 0 aromatic rings. The van der Waals surface area contributed by atoms with Gasteiger partial charge in [0.2, 0.25) is 5.91 Å². The van der Waals surface area contributed by atoms with Crippen molar-refractivity contribution < 1.29 is 14.3 Å². The van der Waals surface area contributed by atoms with Gasteiger partial charge in [-0.15, -0.1) is 0 Å². The zero-order chi connectivity index (χ0) is 9.30. The summed E-state index contributed by atoms with van der Waals surface area (Å²) in [5.41, 5.74) is 0. The van der Waals surface area contributed by atoms with Crippen LogP contribution in [-0.4, -0.2) is 29.5 Å². The number of hydrogen-bond acceptors (Lipinski definition) is 3. The summed E-state index contributed by atoms with van der Waals surface area (Å²) in [6.45, 7) is 5.64. The van der Waals surface area contributed by atoms with Crippen molar-refractivity contribution in [3.63, 3.8) is 0 Å². The Labute approximate surface area is 71.5 Å². The predicted octanol–water partition coefficient (Wildman–Crippen LogP) is 1.01. The van der Waals surface area contributed by atoms with E-state index in [2.05, 4.69) is 0 Å². The number of carbonyl (C=O) groups excluding carboxylic acids is 2. The Balaban J connectivity index is 2.73. The van der Waals surface area contributed by atoms with Gasteiger partial charge < -0.3 is 4.74 Å². The minimum Gasteiger partial charge on any atom is -0.447 e. The monoisotopic (exact) mass is 171 g/mol. The lowest BCUT2D eigenvalue weighted by molar-refractivity contribution is -0.132. The second-order valence-corrected chi connectivity index (χ2v) is 3.29. The predicted molar refractivity (Wildman–Crippen MR) is 42.5 cm³/mol. The quantitative estimate of drug-likeness (QED) is 0.591. The molecule has 0 bridgehead atoms. The van der Waals surface area contributed by atoms with E-state index in [4.69, 9.17) is 4.74 Å². The van der Waals surface area contributed by atoms with E-state index in [1.165, 1.54) is 4.90 Å². The first-order valence-electron chi connectivity index (χ1n) is 4.04. The molecule has 0 aliphatic carbocycles. The van der Waals surface area contributed by atoms with E-state index in [9.17, 15) is 9.59 Å². The highest BCUT2D eigenvalue weighted by Gasteiger charge is 2.35. The Kier molecular flexibility index (Phi) is 2.35. The van der Waals surface area contributed by atoms with Gasteiger partial charge in [0.05, 0.1) is 6.04 Å². The van der Waals surface area contributed by atoms with Crippen molar-refractivity contribution in [3.05, 3.63) is 0 Å². The first-order valence-corrected chi connectivity index (χ1v) is 4.04. The molecule has 0 radical (unpaired) electrons. The highest BCUT2D eigenvalue weighted by Crippen LogP contribution is 2.14. The normalized spacial score (nSPS) is 23.2. The number of imide groups is 1. The molecule has 0 unspecified atom stereocenters. The third kappa shape index (κ3) is 1.42. The standard InChI is InChI=1S/C8H13NO3/c1-5(2)7(10)9-6(3)4-12-8(9)11/h5-6H,4H2,1-3H3/t6-/m1/s1. The molecule has 0 saturated carbocycles. The van der Waals surface area contributed by atoms with Crippen molar-refractivity contribution in [2.75, 3.05) is 6.61 Å². The highest BCUT2D eigenvalue weighted by atomic mass is 16.6. The van der Waals surface area contributed by atoms with Crippen molar-refractivity contribution in [3.8, 4) is 0 Å². The average Bonchev–Trinajstić information content (AvgIpc) is 2.30. The molecule has 0 N–H and O–H groups in total. The lowest BCUT2D eigenvalue weighted by Crippen LogP contribution is -2.39. The van der Waals surface area contributed by atoms with Crippen LogP contribution in [0.5, 0.6) is 0 Å². The fraction of sp³-hybridized carbons (Fsp3) is 0.750. The lowest BCUT2D eigenvalue weighted by atomic mass is 10.2. The summed E-state index contributed by atoms with van der Waals surface area (Å²) in [7, 11) is 0.